The van der Waals surface area contributed by atoms with E-state index >= 15 is 0 Å². The first-order valence-electron chi connectivity index (χ1n) is 9.41. The van der Waals surface area contributed by atoms with Crippen LogP contribution in [0, 0.1) is 5.41 Å². The molecule has 0 radical (unpaired) electrons. The third-order valence-electron chi connectivity index (χ3n) is 5.26. The highest BCUT2D eigenvalue weighted by atomic mass is 16.2. The summed E-state index contributed by atoms with van der Waals surface area (Å²) >= 11 is 0. The van der Waals surface area contributed by atoms with Crippen molar-refractivity contribution < 1.29 is 9.59 Å². The third-order valence-corrected chi connectivity index (χ3v) is 5.26. The minimum Gasteiger partial charge on any atom is -0.359 e. The number of piperidine rings is 1. The van der Waals surface area contributed by atoms with Crippen LogP contribution in [-0.4, -0.2) is 37.0 Å². The highest BCUT2D eigenvalue weighted by molar-refractivity contribution is 5.83. The van der Waals surface area contributed by atoms with Gasteiger partial charge < -0.3 is 15.5 Å². The summed E-state index contributed by atoms with van der Waals surface area (Å²) in [4.78, 5) is 26.4. The van der Waals surface area contributed by atoms with Crippen molar-refractivity contribution >= 4 is 11.9 Å². The molecule has 1 heterocycles. The smallest absolute Gasteiger partial charge is 0.317 e. The van der Waals surface area contributed by atoms with Gasteiger partial charge >= 0.3 is 6.03 Å². The number of hydrogen-bond acceptors (Lipinski definition) is 2. The molecule has 1 aliphatic rings. The molecule has 1 atom stereocenters. The molecule has 27 heavy (non-hydrogen) atoms. The molecule has 0 bridgehead atoms. The van der Waals surface area contributed by atoms with Gasteiger partial charge in [0.1, 0.15) is 0 Å². The molecule has 1 unspecified atom stereocenters. The molecule has 142 valence electrons. The Balaban J connectivity index is 1.57. The molecule has 5 nitrogen and oxygen atoms in total. The van der Waals surface area contributed by atoms with Crippen LogP contribution in [0.4, 0.5) is 4.79 Å². The molecular formula is C22H27N3O2. The number of rotatable bonds is 4. The largest absolute Gasteiger partial charge is 0.359 e. The second kappa shape index (κ2) is 8.25. The van der Waals surface area contributed by atoms with E-state index in [-0.39, 0.29) is 11.9 Å². The maximum absolute atomic E-state index is 12.5. The number of benzene rings is 2. The molecule has 0 spiro atoms. The molecule has 3 rings (SSSR count). The van der Waals surface area contributed by atoms with Gasteiger partial charge in [-0.15, -0.1) is 0 Å². The predicted molar refractivity (Wildman–Crippen MR) is 107 cm³/mol. The van der Waals surface area contributed by atoms with Crippen molar-refractivity contribution in [3.63, 3.8) is 0 Å². The molecule has 1 fully saturated rings. The van der Waals surface area contributed by atoms with Crippen molar-refractivity contribution in [2.24, 2.45) is 5.41 Å². The summed E-state index contributed by atoms with van der Waals surface area (Å²) in [6, 6.07) is 18.3. The number of amides is 3. The Morgan fingerprint density at radius 1 is 1.04 bits per heavy atom. The molecule has 5 heteroatoms. The van der Waals surface area contributed by atoms with E-state index in [0.29, 0.717) is 19.6 Å². The molecule has 3 amide bonds. The van der Waals surface area contributed by atoms with E-state index in [1.165, 1.54) is 5.56 Å². The van der Waals surface area contributed by atoms with Gasteiger partial charge in [0.2, 0.25) is 5.91 Å². The van der Waals surface area contributed by atoms with Crippen LogP contribution >= 0.6 is 0 Å². The summed E-state index contributed by atoms with van der Waals surface area (Å²) in [5.74, 6) is -0.00324. The van der Waals surface area contributed by atoms with Gasteiger partial charge in [0, 0.05) is 26.7 Å². The average molecular weight is 365 g/mol. The lowest BCUT2D eigenvalue weighted by atomic mass is 9.81. The van der Waals surface area contributed by atoms with Crippen LogP contribution < -0.4 is 10.6 Å². The first-order chi connectivity index (χ1) is 13.0. The van der Waals surface area contributed by atoms with Crippen LogP contribution in [-0.2, 0) is 11.3 Å². The lowest BCUT2D eigenvalue weighted by Gasteiger charge is -2.38. The van der Waals surface area contributed by atoms with E-state index in [1.807, 2.05) is 37.3 Å². The minimum absolute atomic E-state index is 0.00324. The zero-order valence-corrected chi connectivity index (χ0v) is 16.0. The van der Waals surface area contributed by atoms with Crippen molar-refractivity contribution in [1.29, 1.82) is 0 Å². The lowest BCUT2D eigenvalue weighted by Crippen LogP contribution is -2.53. The molecule has 2 aromatic rings. The fourth-order valence-corrected chi connectivity index (χ4v) is 3.64. The van der Waals surface area contributed by atoms with Crippen molar-refractivity contribution in [1.82, 2.24) is 15.5 Å². The monoisotopic (exact) mass is 365 g/mol. The second-order valence-electron chi connectivity index (χ2n) is 7.39. The van der Waals surface area contributed by atoms with Crippen LogP contribution in [0.1, 0.15) is 25.3 Å². The SMILES string of the molecule is CNC(=O)C1(C)CCCN(C(=O)NCc2ccc(-c3ccccc3)cc2)C1. The van der Waals surface area contributed by atoms with E-state index in [0.717, 1.165) is 24.0 Å². The van der Waals surface area contributed by atoms with E-state index in [2.05, 4.69) is 34.9 Å². The van der Waals surface area contributed by atoms with Gasteiger partial charge in [-0.1, -0.05) is 54.6 Å². The molecule has 2 N–H and O–H groups in total. The van der Waals surface area contributed by atoms with Gasteiger partial charge in [-0.2, -0.15) is 0 Å². The fourth-order valence-electron chi connectivity index (χ4n) is 3.64. The van der Waals surface area contributed by atoms with Gasteiger partial charge in [0.15, 0.2) is 0 Å². The molecule has 1 aliphatic heterocycles. The fraction of sp³-hybridized carbons (Fsp3) is 0.364. The molecule has 2 aromatic carbocycles. The van der Waals surface area contributed by atoms with Crippen LogP contribution in [0.15, 0.2) is 54.6 Å². The highest BCUT2D eigenvalue weighted by Gasteiger charge is 2.38. The van der Waals surface area contributed by atoms with E-state index < -0.39 is 5.41 Å². The van der Waals surface area contributed by atoms with Crippen molar-refractivity contribution in [2.45, 2.75) is 26.3 Å². The zero-order valence-electron chi connectivity index (χ0n) is 16.0. The van der Waals surface area contributed by atoms with Crippen LogP contribution in [0.2, 0.25) is 0 Å². The van der Waals surface area contributed by atoms with Crippen molar-refractivity contribution in [3.8, 4) is 11.1 Å². The molecule has 0 saturated carbocycles. The number of nitrogens with one attached hydrogen (secondary N) is 2. The number of nitrogens with zero attached hydrogens (tertiary/aromatic N) is 1. The summed E-state index contributed by atoms with van der Waals surface area (Å²) in [7, 11) is 1.64. The second-order valence-corrected chi connectivity index (χ2v) is 7.39. The number of likely N-dealkylation sites (tertiary alicyclic amines) is 1. The van der Waals surface area contributed by atoms with Gasteiger partial charge in [0.05, 0.1) is 5.41 Å². The quantitative estimate of drug-likeness (QED) is 0.872. The topological polar surface area (TPSA) is 61.4 Å². The normalized spacial score (nSPS) is 19.4. The molecule has 0 aromatic heterocycles. The summed E-state index contributed by atoms with van der Waals surface area (Å²) in [5, 5.41) is 5.69. The summed E-state index contributed by atoms with van der Waals surface area (Å²) in [6.45, 7) is 3.53. The third kappa shape index (κ3) is 4.48. The predicted octanol–water partition coefficient (Wildman–Crippen LogP) is 3.41. The van der Waals surface area contributed by atoms with Gasteiger partial charge in [-0.25, -0.2) is 4.79 Å². The summed E-state index contributed by atoms with van der Waals surface area (Å²) < 4.78 is 0. The Kier molecular flexibility index (Phi) is 5.79. The molecular weight excluding hydrogens is 338 g/mol. The average Bonchev–Trinajstić information content (AvgIpc) is 2.72. The Morgan fingerprint density at radius 3 is 2.37 bits per heavy atom. The highest BCUT2D eigenvalue weighted by Crippen LogP contribution is 2.29. The molecule has 1 saturated heterocycles. The van der Waals surface area contributed by atoms with Gasteiger partial charge in [-0.05, 0) is 36.5 Å². The first kappa shape index (κ1) is 19.0. The number of hydrogen-bond donors (Lipinski definition) is 2. The minimum atomic E-state index is -0.512. The number of carbonyl (C=O) groups is 2. The van der Waals surface area contributed by atoms with Crippen LogP contribution in [0.25, 0.3) is 11.1 Å². The van der Waals surface area contributed by atoms with Gasteiger partial charge in [0.25, 0.3) is 0 Å². The maximum Gasteiger partial charge on any atom is 0.317 e. The number of carbonyl (C=O) groups excluding carboxylic acids is 2. The standard InChI is InChI=1S/C22H27N3O2/c1-22(20(26)23-2)13-6-14-25(16-22)21(27)24-15-17-9-11-19(12-10-17)18-7-4-3-5-8-18/h3-5,7-12H,6,13-16H2,1-2H3,(H,23,26)(H,24,27). The van der Waals surface area contributed by atoms with E-state index in [1.54, 1.807) is 11.9 Å². The Bertz CT molecular complexity index is 789. The number of urea groups is 1. The Hall–Kier alpha value is -2.82. The molecule has 0 aliphatic carbocycles. The van der Waals surface area contributed by atoms with E-state index in [4.69, 9.17) is 0 Å². The van der Waals surface area contributed by atoms with Crippen LogP contribution in [0.3, 0.4) is 0 Å². The zero-order chi connectivity index (χ0) is 19.3. The maximum atomic E-state index is 12.5. The van der Waals surface area contributed by atoms with Crippen molar-refractivity contribution in [3.05, 3.63) is 60.2 Å². The first-order valence-corrected chi connectivity index (χ1v) is 9.41. The van der Waals surface area contributed by atoms with Crippen LogP contribution in [0.5, 0.6) is 0 Å². The lowest BCUT2D eigenvalue weighted by molar-refractivity contribution is -0.132. The van der Waals surface area contributed by atoms with Gasteiger partial charge in [-0.3, -0.25) is 4.79 Å². The van der Waals surface area contributed by atoms with Crippen molar-refractivity contribution in [2.75, 3.05) is 20.1 Å². The Morgan fingerprint density at radius 2 is 1.70 bits per heavy atom. The summed E-state index contributed by atoms with van der Waals surface area (Å²) in [6.07, 6.45) is 1.64. The van der Waals surface area contributed by atoms with E-state index in [9.17, 15) is 9.59 Å². The Labute approximate surface area is 160 Å². The summed E-state index contributed by atoms with van der Waals surface area (Å²) in [5.41, 5.74) is 2.87.